The van der Waals surface area contributed by atoms with Crippen molar-refractivity contribution >= 4 is 45.0 Å². The summed E-state index contributed by atoms with van der Waals surface area (Å²) < 4.78 is 13.6. The number of nitrogens with one attached hydrogen (secondary N) is 1. The van der Waals surface area contributed by atoms with Gasteiger partial charge in [0.2, 0.25) is 0 Å². The topological polar surface area (TPSA) is 55.1 Å². The van der Waals surface area contributed by atoms with Crippen LogP contribution in [0.5, 0.6) is 0 Å². The Balaban J connectivity index is 2.31. The van der Waals surface area contributed by atoms with Crippen molar-refractivity contribution in [2.45, 2.75) is 4.90 Å². The summed E-state index contributed by atoms with van der Waals surface area (Å²) in [6.45, 7) is 0. The molecule has 0 fully saturated rings. The predicted octanol–water partition coefficient (Wildman–Crippen LogP) is 4.14. The van der Waals surface area contributed by atoms with Crippen LogP contribution in [0.1, 0.15) is 10.4 Å². The molecule has 0 saturated heterocycles. The highest BCUT2D eigenvalue weighted by Crippen LogP contribution is 2.27. The molecule has 0 aliphatic carbocycles. The van der Waals surface area contributed by atoms with E-state index in [1.807, 2.05) is 30.5 Å². The Labute approximate surface area is 128 Å². The minimum Gasteiger partial charge on any atom is -0.396 e. The maximum atomic E-state index is 13.3. The van der Waals surface area contributed by atoms with Crippen molar-refractivity contribution in [3.8, 4) is 0 Å². The second-order valence-corrected chi connectivity index (χ2v) is 5.71. The van der Waals surface area contributed by atoms with Crippen molar-refractivity contribution in [1.29, 1.82) is 0 Å². The van der Waals surface area contributed by atoms with Crippen LogP contribution >= 0.6 is 27.7 Å². The van der Waals surface area contributed by atoms with Gasteiger partial charge in [-0.05, 0) is 46.5 Å². The third kappa shape index (κ3) is 3.13. The fourth-order valence-corrected chi connectivity index (χ4v) is 2.73. The van der Waals surface area contributed by atoms with E-state index in [1.165, 1.54) is 23.9 Å². The zero-order valence-electron chi connectivity index (χ0n) is 10.6. The van der Waals surface area contributed by atoms with Crippen LogP contribution in [0.2, 0.25) is 0 Å². The molecule has 0 bridgehead atoms. The standard InChI is InChI=1S/C14H12BrFN2OS/c1-20-13-5-3-2-4-12(13)18-14(19)8-6-11(17)10(16)7-9(8)15/h2-7H,17H2,1H3,(H,18,19). The quantitative estimate of drug-likeness (QED) is 0.643. The van der Waals surface area contributed by atoms with Crippen molar-refractivity contribution in [3.05, 3.63) is 52.3 Å². The van der Waals surface area contributed by atoms with E-state index >= 15 is 0 Å². The highest BCUT2D eigenvalue weighted by atomic mass is 79.9. The average molecular weight is 355 g/mol. The Kier molecular flexibility index (Phi) is 4.67. The van der Waals surface area contributed by atoms with Gasteiger partial charge in [0.25, 0.3) is 5.91 Å². The SMILES string of the molecule is CSc1ccccc1NC(=O)c1cc(N)c(F)cc1Br. The Bertz CT molecular complexity index is 664. The van der Waals surface area contributed by atoms with Gasteiger partial charge in [0, 0.05) is 9.37 Å². The molecule has 104 valence electrons. The predicted molar refractivity (Wildman–Crippen MR) is 84.7 cm³/mol. The number of rotatable bonds is 3. The first-order valence-electron chi connectivity index (χ1n) is 5.72. The number of carbonyl (C=O) groups excluding carboxylic acids is 1. The molecule has 0 aliphatic heterocycles. The zero-order valence-corrected chi connectivity index (χ0v) is 13.0. The van der Waals surface area contributed by atoms with Gasteiger partial charge in [-0.25, -0.2) is 4.39 Å². The van der Waals surface area contributed by atoms with Crippen LogP contribution in [-0.2, 0) is 0 Å². The molecule has 2 aromatic rings. The van der Waals surface area contributed by atoms with Crippen LogP contribution in [0.25, 0.3) is 0 Å². The number of benzene rings is 2. The molecule has 20 heavy (non-hydrogen) atoms. The Morgan fingerprint density at radius 2 is 2.05 bits per heavy atom. The Morgan fingerprint density at radius 1 is 1.35 bits per heavy atom. The number of anilines is 2. The number of halogens is 2. The number of hydrogen-bond donors (Lipinski definition) is 2. The average Bonchev–Trinajstić information content (AvgIpc) is 2.43. The molecular weight excluding hydrogens is 343 g/mol. The van der Waals surface area contributed by atoms with Crippen LogP contribution in [0.3, 0.4) is 0 Å². The maximum absolute atomic E-state index is 13.3. The van der Waals surface area contributed by atoms with Gasteiger partial charge in [-0.2, -0.15) is 0 Å². The van der Waals surface area contributed by atoms with Gasteiger partial charge in [0.1, 0.15) is 5.82 Å². The van der Waals surface area contributed by atoms with Gasteiger partial charge in [-0.3, -0.25) is 4.79 Å². The smallest absolute Gasteiger partial charge is 0.256 e. The summed E-state index contributed by atoms with van der Waals surface area (Å²) in [6.07, 6.45) is 1.93. The lowest BCUT2D eigenvalue weighted by Crippen LogP contribution is -2.14. The first kappa shape index (κ1) is 14.9. The van der Waals surface area contributed by atoms with Crippen molar-refractivity contribution < 1.29 is 9.18 Å². The summed E-state index contributed by atoms with van der Waals surface area (Å²) in [5.74, 6) is -0.900. The molecule has 0 radical (unpaired) electrons. The van der Waals surface area contributed by atoms with E-state index in [0.717, 1.165) is 4.90 Å². The van der Waals surface area contributed by atoms with Crippen LogP contribution in [0.4, 0.5) is 15.8 Å². The molecule has 2 rings (SSSR count). The van der Waals surface area contributed by atoms with E-state index in [9.17, 15) is 9.18 Å². The number of amides is 1. The van der Waals surface area contributed by atoms with Gasteiger partial charge in [0.05, 0.1) is 16.9 Å². The molecule has 0 aromatic heterocycles. The normalized spacial score (nSPS) is 10.3. The fraction of sp³-hybridized carbons (Fsp3) is 0.0714. The van der Waals surface area contributed by atoms with Gasteiger partial charge in [0.15, 0.2) is 0 Å². The van der Waals surface area contributed by atoms with E-state index in [-0.39, 0.29) is 11.6 Å². The second-order valence-electron chi connectivity index (χ2n) is 4.01. The molecule has 0 heterocycles. The Morgan fingerprint density at radius 3 is 2.75 bits per heavy atom. The molecule has 2 aromatic carbocycles. The highest BCUT2D eigenvalue weighted by molar-refractivity contribution is 9.10. The molecule has 3 nitrogen and oxygen atoms in total. The third-order valence-corrected chi connectivity index (χ3v) is 4.14. The van der Waals surface area contributed by atoms with E-state index in [4.69, 9.17) is 5.73 Å². The van der Waals surface area contributed by atoms with Crippen LogP contribution in [-0.4, -0.2) is 12.2 Å². The summed E-state index contributed by atoms with van der Waals surface area (Å²) >= 11 is 4.70. The van der Waals surface area contributed by atoms with E-state index in [0.29, 0.717) is 15.7 Å². The van der Waals surface area contributed by atoms with Crippen molar-refractivity contribution in [2.75, 3.05) is 17.3 Å². The summed E-state index contributed by atoms with van der Waals surface area (Å²) in [5.41, 5.74) is 6.44. The summed E-state index contributed by atoms with van der Waals surface area (Å²) in [5, 5.41) is 2.80. The monoisotopic (exact) mass is 354 g/mol. The molecule has 6 heteroatoms. The number of hydrogen-bond acceptors (Lipinski definition) is 3. The first-order chi connectivity index (χ1) is 9.52. The summed E-state index contributed by atoms with van der Waals surface area (Å²) in [6, 6.07) is 9.96. The van der Waals surface area contributed by atoms with Gasteiger partial charge in [-0.15, -0.1) is 11.8 Å². The third-order valence-electron chi connectivity index (χ3n) is 2.69. The molecule has 1 amide bonds. The van der Waals surface area contributed by atoms with Crippen molar-refractivity contribution in [3.63, 3.8) is 0 Å². The highest BCUT2D eigenvalue weighted by Gasteiger charge is 2.14. The van der Waals surface area contributed by atoms with E-state index in [1.54, 1.807) is 0 Å². The van der Waals surface area contributed by atoms with Crippen molar-refractivity contribution in [1.82, 2.24) is 0 Å². The van der Waals surface area contributed by atoms with Crippen LogP contribution in [0, 0.1) is 5.82 Å². The first-order valence-corrected chi connectivity index (χ1v) is 7.73. The number of carbonyl (C=O) groups is 1. The molecule has 3 N–H and O–H groups in total. The van der Waals surface area contributed by atoms with Crippen LogP contribution < -0.4 is 11.1 Å². The van der Waals surface area contributed by atoms with Gasteiger partial charge < -0.3 is 11.1 Å². The lowest BCUT2D eigenvalue weighted by Gasteiger charge is -2.11. The molecular formula is C14H12BrFN2OS. The molecule has 0 aliphatic rings. The minimum absolute atomic E-state index is 0.0588. The fourth-order valence-electron chi connectivity index (χ4n) is 1.68. The number of para-hydroxylation sites is 1. The van der Waals surface area contributed by atoms with Crippen LogP contribution in [0.15, 0.2) is 45.8 Å². The van der Waals surface area contributed by atoms with Gasteiger partial charge in [-0.1, -0.05) is 12.1 Å². The van der Waals surface area contributed by atoms with E-state index in [2.05, 4.69) is 21.2 Å². The summed E-state index contributed by atoms with van der Waals surface area (Å²) in [4.78, 5) is 13.2. The van der Waals surface area contributed by atoms with E-state index < -0.39 is 5.82 Å². The largest absolute Gasteiger partial charge is 0.396 e. The molecule has 0 spiro atoms. The second kappa shape index (κ2) is 6.28. The number of nitrogen functional groups attached to an aromatic ring is 1. The zero-order chi connectivity index (χ0) is 14.7. The lowest BCUT2D eigenvalue weighted by atomic mass is 10.1. The Hall–Kier alpha value is -1.53. The molecule has 0 unspecified atom stereocenters. The molecule has 0 atom stereocenters. The van der Waals surface area contributed by atoms with Crippen molar-refractivity contribution in [2.24, 2.45) is 0 Å². The number of thioether (sulfide) groups is 1. The lowest BCUT2D eigenvalue weighted by molar-refractivity contribution is 0.102. The summed E-state index contributed by atoms with van der Waals surface area (Å²) in [7, 11) is 0. The van der Waals surface area contributed by atoms with Gasteiger partial charge >= 0.3 is 0 Å². The minimum atomic E-state index is -0.557. The maximum Gasteiger partial charge on any atom is 0.256 e. The number of nitrogens with two attached hydrogens (primary N) is 1. The molecule has 0 saturated carbocycles.